The number of benzene rings is 1. The molecule has 1 aromatic rings. The minimum Gasteiger partial charge on any atom is -0.459 e. The Bertz CT molecular complexity index is 2010. The van der Waals surface area contributed by atoms with Crippen LogP contribution in [0.15, 0.2) is 41.5 Å². The highest BCUT2D eigenvalue weighted by Gasteiger charge is 2.77. The van der Waals surface area contributed by atoms with Gasteiger partial charge < -0.3 is 32.5 Å². The van der Waals surface area contributed by atoms with Gasteiger partial charge in [-0.15, -0.1) is 134 Å². The number of carbonyl (C=O) groups is 3. The lowest BCUT2D eigenvalue weighted by molar-refractivity contribution is -0.351. The van der Waals surface area contributed by atoms with E-state index in [-0.39, 0.29) is 6.61 Å². The Labute approximate surface area is 476 Å². The average molecular weight is 1530 g/mol. The van der Waals surface area contributed by atoms with Crippen LogP contribution in [0.3, 0.4) is 0 Å². The van der Waals surface area contributed by atoms with Gasteiger partial charge in [0.1, 0.15) is 24.4 Å². The van der Waals surface area contributed by atoms with Crippen molar-refractivity contribution in [1.82, 2.24) is 0 Å². The molecule has 4 aliphatic rings. The fourth-order valence-corrected chi connectivity index (χ4v) is 205. The van der Waals surface area contributed by atoms with Gasteiger partial charge in [0.05, 0.1) is 52.9 Å². The summed E-state index contributed by atoms with van der Waals surface area (Å²) in [5.74, 6) is -2.65. The van der Waals surface area contributed by atoms with Crippen molar-refractivity contribution in [3.8, 4) is 0 Å². The predicted octanol–water partition coefficient (Wildman–Crippen LogP) is 20.8. The summed E-state index contributed by atoms with van der Waals surface area (Å²) in [4.78, 5) is 43.3. The number of rotatable bonds is 21. The second-order valence-corrected chi connectivity index (χ2v) is 124. The molecular formula is C31H70O10P30. The van der Waals surface area contributed by atoms with Crippen molar-refractivity contribution in [3.05, 3.63) is 47.0 Å². The van der Waals surface area contributed by atoms with E-state index in [1.54, 1.807) is 12.1 Å². The highest BCUT2D eigenvalue weighted by Crippen LogP contribution is 3.18. The molecule has 24 unspecified atom stereocenters. The molecule has 2 saturated carbocycles. The number of hydrogen-bond acceptors (Lipinski definition) is 10. The molecule has 1 aromatic carbocycles. The molecule has 404 valence electrons. The van der Waals surface area contributed by atoms with Crippen LogP contribution in [-0.2, 0) is 42.1 Å². The molecule has 1 aliphatic heterocycles. The van der Waals surface area contributed by atoms with Crippen molar-refractivity contribution >= 4 is 261 Å². The van der Waals surface area contributed by atoms with Gasteiger partial charge in [-0.2, -0.15) is 0 Å². The first kappa shape index (κ1) is 71.9. The van der Waals surface area contributed by atoms with Gasteiger partial charge in [-0.25, -0.2) is 4.79 Å². The average Bonchev–Trinajstić information content (AvgIpc) is 3.25. The van der Waals surface area contributed by atoms with Gasteiger partial charge in [0.2, 0.25) is 0 Å². The first-order valence-corrected chi connectivity index (χ1v) is 73.2. The third-order valence-electron chi connectivity index (χ3n) is 12.9. The van der Waals surface area contributed by atoms with Gasteiger partial charge in [-0.1, -0.05) is 55.9 Å². The van der Waals surface area contributed by atoms with Crippen LogP contribution in [0, 0.1) is 22.7 Å². The number of esters is 3. The topological polar surface area (TPSA) is 116 Å². The van der Waals surface area contributed by atoms with E-state index in [2.05, 4.69) is 171 Å². The van der Waals surface area contributed by atoms with Crippen molar-refractivity contribution in [2.24, 2.45) is 22.7 Å². The lowest BCUT2D eigenvalue weighted by atomic mass is 9.45. The molecule has 0 spiro atoms. The maximum atomic E-state index is 15.1. The largest absolute Gasteiger partial charge is 0.459 e. The summed E-state index contributed by atoms with van der Waals surface area (Å²) in [5, 5.41) is 0. The number of fused-ring (bicyclic) bond motifs is 5. The van der Waals surface area contributed by atoms with E-state index in [0.717, 1.165) is 11.1 Å². The van der Waals surface area contributed by atoms with Crippen molar-refractivity contribution in [3.63, 3.8) is 0 Å². The molecule has 1 heterocycles. The monoisotopic (exact) mass is 1530 g/mol. The van der Waals surface area contributed by atoms with Crippen LogP contribution in [-0.4, -0.2) is 66.7 Å². The van der Waals surface area contributed by atoms with Crippen molar-refractivity contribution in [2.75, 3.05) is 6.61 Å². The summed E-state index contributed by atoms with van der Waals surface area (Å²) >= 11 is 0. The molecule has 3 fully saturated rings. The van der Waals surface area contributed by atoms with Gasteiger partial charge in [0, 0.05) is 52.6 Å². The Morgan fingerprint density at radius 1 is 0.690 bits per heavy atom. The van der Waals surface area contributed by atoms with E-state index in [0.29, 0.717) is 26.4 Å². The molecule has 0 radical (unpaired) electrons. The Hall–Kier alpha value is 10.1. The zero-order valence-electron chi connectivity index (χ0n) is 39.8. The Kier molecular flexibility index (Phi) is 32.4. The van der Waals surface area contributed by atoms with Crippen molar-refractivity contribution < 1.29 is 46.9 Å². The van der Waals surface area contributed by atoms with Gasteiger partial charge >= 0.3 is 17.9 Å². The minimum absolute atomic E-state index is 0.0705. The molecule has 3 aliphatic carbocycles. The summed E-state index contributed by atoms with van der Waals surface area (Å²) in [6.07, 6.45) is -3.46. The van der Waals surface area contributed by atoms with Crippen molar-refractivity contribution in [1.29, 1.82) is 0 Å². The van der Waals surface area contributed by atoms with E-state index < -0.39 is 175 Å². The molecule has 2 bridgehead atoms. The second-order valence-electron chi connectivity index (χ2n) is 17.5. The second kappa shape index (κ2) is 32.0. The fraction of sp³-hybridized carbons (Fsp3) is 0.645. The lowest BCUT2D eigenvalue weighted by Crippen LogP contribution is -2.80. The normalized spacial score (nSPS) is 31.5. The molecule has 40 heteroatoms. The Morgan fingerprint density at radius 2 is 1.27 bits per heavy atom. The van der Waals surface area contributed by atoms with E-state index in [1.165, 1.54) is 13.8 Å². The highest BCUT2D eigenvalue weighted by molar-refractivity contribution is 9.19. The van der Waals surface area contributed by atoms with E-state index in [4.69, 9.17) is 32.5 Å². The molecule has 0 N–H and O–H groups in total. The van der Waals surface area contributed by atoms with Crippen LogP contribution in [0.5, 0.6) is 0 Å². The van der Waals surface area contributed by atoms with Gasteiger partial charge in [0.15, 0.2) is 5.60 Å². The molecular weight excluding hydrogens is 1460 g/mol. The SMILES string of the molecule is CC(=O)O[C@@H]1[C@H](OP(P(P)P)P(PP)P(P)P)C2=C(C)[C@@H](OP(P(P)P(P)P)P(P(P)P)P(P)P)CC(C(OC(=O)c3ccccc3)C3[C@@]1(C)[C@@H](OP(P(P)P)P(P)P)C[C@H]1OC[C@@]31OC(C)=O)C2(C)C. The first-order chi connectivity index (χ1) is 33.0. The fourth-order valence-electron chi connectivity index (χ4n) is 10.1. The molecule has 10 nitrogen and oxygen atoms in total. The van der Waals surface area contributed by atoms with Crippen LogP contribution in [0.4, 0.5) is 0 Å². The molecule has 0 amide bonds. The lowest BCUT2D eigenvalue weighted by Gasteiger charge is -2.68. The summed E-state index contributed by atoms with van der Waals surface area (Å²) in [5.41, 5.74) is -0.760. The number of ether oxygens (including phenoxy) is 4. The minimum atomic E-state index is -1.29. The Morgan fingerprint density at radius 3 is 1.72 bits per heavy atom. The van der Waals surface area contributed by atoms with Crippen molar-refractivity contribution in [2.45, 2.75) is 96.6 Å². The number of carbonyl (C=O) groups excluding carboxylic acids is 3. The third-order valence-corrected chi connectivity index (χ3v) is 153. The first-order valence-electron chi connectivity index (χ1n) is 21.0. The molecule has 0 aromatic heterocycles. The standard InChI is InChI=1S/C31H70O10P30/c1-15-20(39-61(69(57)65(49)50)71(67(53)54)68(55)56)12-19-24(37-28(34)18-10-8-7-9-11-18)26-30(6,21(40-59(62(43)44)63(45)46)13-22-31(26,14-35-22)38-17(3)33)27(36-16(2)32)25(23(15)29(19,4)5)41-60(64(47)48)70(58-42)66(51)52/h7-11,19-22,24-27,58H,12-14,42-57H2,1-6H3/t19?,20-,21-,22+,24?,25+,26?,27+,30+,31-,60?,61?,69?,70?/m0/s1. The van der Waals surface area contributed by atoms with Crippen LogP contribution in [0.25, 0.3) is 0 Å². The predicted molar refractivity (Wildman–Crippen MR) is 394 cm³/mol. The van der Waals surface area contributed by atoms with E-state index >= 15 is 4.79 Å². The molecule has 1 saturated heterocycles. The van der Waals surface area contributed by atoms with E-state index in [9.17, 15) is 9.59 Å². The molecule has 31 atom stereocenters. The van der Waals surface area contributed by atoms with E-state index in [1.807, 2.05) is 18.2 Å². The molecule has 5 rings (SSSR count). The van der Waals surface area contributed by atoms with Crippen LogP contribution >= 0.6 is 243 Å². The van der Waals surface area contributed by atoms with Gasteiger partial charge in [-0.05, 0) is 91.0 Å². The summed E-state index contributed by atoms with van der Waals surface area (Å²) in [6.45, 7) is 5.56. The van der Waals surface area contributed by atoms with Gasteiger partial charge in [0.25, 0.3) is 0 Å². The Balaban J connectivity index is 2.01. The van der Waals surface area contributed by atoms with Crippen LogP contribution < -0.4 is 0 Å². The zero-order chi connectivity index (χ0) is 53.4. The summed E-state index contributed by atoms with van der Waals surface area (Å²) in [7, 11) is 46.7. The smallest absolute Gasteiger partial charge is 0.338 e. The summed E-state index contributed by atoms with van der Waals surface area (Å²) in [6, 6.07) is 9.11. The maximum Gasteiger partial charge on any atom is 0.338 e. The zero-order valence-corrected chi connectivity index (χ0v) is 70.9. The number of hydrogen-bond donors (Lipinski definition) is 0. The third kappa shape index (κ3) is 17.1. The van der Waals surface area contributed by atoms with Crippen LogP contribution in [0.2, 0.25) is 0 Å². The quantitative estimate of drug-likeness (QED) is 0.0510. The highest BCUT2D eigenvalue weighted by atomic mass is 33.2. The molecule has 71 heavy (non-hydrogen) atoms. The van der Waals surface area contributed by atoms with Gasteiger partial charge in [-0.3, -0.25) is 9.59 Å². The van der Waals surface area contributed by atoms with Crippen LogP contribution in [0.1, 0.15) is 64.7 Å². The maximum absolute atomic E-state index is 15.1. The summed E-state index contributed by atoms with van der Waals surface area (Å²) < 4.78 is 51.3.